The van der Waals surface area contributed by atoms with Crippen molar-refractivity contribution in [1.82, 2.24) is 9.78 Å². The van der Waals surface area contributed by atoms with Crippen LogP contribution in [0.15, 0.2) is 36.5 Å². The monoisotopic (exact) mass is 242 g/mol. The van der Waals surface area contributed by atoms with E-state index >= 15 is 0 Å². The van der Waals surface area contributed by atoms with Crippen molar-refractivity contribution < 1.29 is 4.79 Å². The standard InChI is InChI=1S/C15H18N2O/c1-11-13(12-8-6-5-7-9-12)10-17(16-11)14(18)15(2,3)4/h5-10H,1-4H3. The average Bonchev–Trinajstić information content (AvgIpc) is 2.70. The predicted molar refractivity (Wildman–Crippen MR) is 72.5 cm³/mol. The van der Waals surface area contributed by atoms with Gasteiger partial charge in [0.05, 0.1) is 5.69 Å². The minimum Gasteiger partial charge on any atom is -0.272 e. The summed E-state index contributed by atoms with van der Waals surface area (Å²) in [5.41, 5.74) is 2.54. The van der Waals surface area contributed by atoms with Gasteiger partial charge >= 0.3 is 0 Å². The van der Waals surface area contributed by atoms with E-state index in [9.17, 15) is 4.79 Å². The Balaban J connectivity index is 2.43. The van der Waals surface area contributed by atoms with Gasteiger partial charge in [0.15, 0.2) is 0 Å². The minimum atomic E-state index is -0.424. The van der Waals surface area contributed by atoms with Crippen LogP contribution in [0.4, 0.5) is 0 Å². The summed E-state index contributed by atoms with van der Waals surface area (Å²) in [5.74, 6) is 0.00720. The van der Waals surface area contributed by atoms with Crippen LogP contribution in [0.1, 0.15) is 31.3 Å². The van der Waals surface area contributed by atoms with Crippen LogP contribution in [-0.4, -0.2) is 15.7 Å². The summed E-state index contributed by atoms with van der Waals surface area (Å²) in [6.07, 6.45) is 1.82. The molecule has 0 aliphatic carbocycles. The molecule has 0 amide bonds. The van der Waals surface area contributed by atoms with Gasteiger partial charge in [-0.25, -0.2) is 4.68 Å². The van der Waals surface area contributed by atoms with Gasteiger partial charge < -0.3 is 0 Å². The fourth-order valence-electron chi connectivity index (χ4n) is 1.81. The summed E-state index contributed by atoms with van der Waals surface area (Å²) < 4.78 is 1.46. The van der Waals surface area contributed by atoms with E-state index in [2.05, 4.69) is 5.10 Å². The predicted octanol–water partition coefficient (Wildman–Crippen LogP) is 3.54. The Morgan fingerprint density at radius 1 is 1.17 bits per heavy atom. The van der Waals surface area contributed by atoms with Crippen LogP contribution in [0.3, 0.4) is 0 Å². The van der Waals surface area contributed by atoms with Gasteiger partial charge in [-0.05, 0) is 12.5 Å². The highest BCUT2D eigenvalue weighted by Gasteiger charge is 2.24. The first-order valence-corrected chi connectivity index (χ1v) is 6.06. The average molecular weight is 242 g/mol. The topological polar surface area (TPSA) is 34.9 Å². The SMILES string of the molecule is Cc1nn(C(=O)C(C)(C)C)cc1-c1ccccc1. The van der Waals surface area contributed by atoms with E-state index in [0.29, 0.717) is 0 Å². The molecule has 94 valence electrons. The molecule has 3 nitrogen and oxygen atoms in total. The summed E-state index contributed by atoms with van der Waals surface area (Å²) in [6, 6.07) is 9.99. The first-order chi connectivity index (χ1) is 8.39. The molecule has 1 aromatic carbocycles. The summed E-state index contributed by atoms with van der Waals surface area (Å²) in [7, 11) is 0. The molecule has 3 heteroatoms. The van der Waals surface area contributed by atoms with Crippen LogP contribution < -0.4 is 0 Å². The molecule has 0 atom stereocenters. The maximum atomic E-state index is 12.2. The smallest absolute Gasteiger partial charge is 0.252 e. The van der Waals surface area contributed by atoms with Crippen molar-refractivity contribution >= 4 is 5.91 Å². The zero-order valence-corrected chi connectivity index (χ0v) is 11.3. The molecule has 1 heterocycles. The number of hydrogen-bond donors (Lipinski definition) is 0. The van der Waals surface area contributed by atoms with Gasteiger partial charge in [-0.15, -0.1) is 0 Å². The second-order valence-electron chi connectivity index (χ2n) is 5.49. The maximum absolute atomic E-state index is 12.2. The molecule has 0 fully saturated rings. The van der Waals surface area contributed by atoms with Crippen LogP contribution in [0.2, 0.25) is 0 Å². The Hall–Kier alpha value is -1.90. The third kappa shape index (κ3) is 2.35. The van der Waals surface area contributed by atoms with Crippen molar-refractivity contribution in [3.05, 3.63) is 42.2 Å². The molecule has 0 unspecified atom stereocenters. The molecule has 0 bridgehead atoms. The maximum Gasteiger partial charge on any atom is 0.252 e. The van der Waals surface area contributed by atoms with Crippen LogP contribution in [0.5, 0.6) is 0 Å². The number of nitrogens with zero attached hydrogens (tertiary/aromatic N) is 2. The van der Waals surface area contributed by atoms with Gasteiger partial charge in [0.25, 0.3) is 5.91 Å². The Kier molecular flexibility index (Phi) is 3.07. The lowest BCUT2D eigenvalue weighted by atomic mass is 9.96. The van der Waals surface area contributed by atoms with E-state index in [1.807, 2.05) is 64.2 Å². The van der Waals surface area contributed by atoms with Gasteiger partial charge in [-0.2, -0.15) is 5.10 Å². The molecule has 0 aliphatic rings. The minimum absolute atomic E-state index is 0.00720. The number of aryl methyl sites for hydroxylation is 1. The Labute approximate surface area is 107 Å². The van der Waals surface area contributed by atoms with Gasteiger partial charge in [-0.1, -0.05) is 51.1 Å². The molecule has 2 rings (SSSR count). The molecule has 2 aromatic rings. The highest BCUT2D eigenvalue weighted by atomic mass is 16.2. The van der Waals surface area contributed by atoms with Crippen molar-refractivity contribution in [2.75, 3.05) is 0 Å². The lowest BCUT2D eigenvalue weighted by Gasteiger charge is -2.15. The van der Waals surface area contributed by atoms with E-state index in [1.54, 1.807) is 0 Å². The summed E-state index contributed by atoms with van der Waals surface area (Å²) in [4.78, 5) is 12.2. The largest absolute Gasteiger partial charge is 0.272 e. The molecule has 0 saturated carbocycles. The van der Waals surface area contributed by atoms with Crippen LogP contribution in [0.25, 0.3) is 11.1 Å². The summed E-state index contributed by atoms with van der Waals surface area (Å²) >= 11 is 0. The van der Waals surface area contributed by atoms with Gasteiger partial charge in [-0.3, -0.25) is 4.79 Å². The molecule has 0 saturated heterocycles. The second-order valence-corrected chi connectivity index (χ2v) is 5.49. The zero-order chi connectivity index (χ0) is 13.3. The first-order valence-electron chi connectivity index (χ1n) is 6.06. The van der Waals surface area contributed by atoms with Crippen LogP contribution >= 0.6 is 0 Å². The molecule has 0 radical (unpaired) electrons. The fourth-order valence-corrected chi connectivity index (χ4v) is 1.81. The van der Waals surface area contributed by atoms with E-state index in [4.69, 9.17) is 0 Å². The van der Waals surface area contributed by atoms with E-state index in [1.165, 1.54) is 4.68 Å². The van der Waals surface area contributed by atoms with Crippen molar-refractivity contribution in [2.24, 2.45) is 5.41 Å². The normalized spacial score (nSPS) is 11.6. The lowest BCUT2D eigenvalue weighted by molar-refractivity contribution is 0.0748. The Bertz CT molecular complexity index is 562. The Morgan fingerprint density at radius 2 is 1.78 bits per heavy atom. The Morgan fingerprint density at radius 3 is 2.33 bits per heavy atom. The van der Waals surface area contributed by atoms with Gasteiger partial charge in [0.2, 0.25) is 0 Å². The first kappa shape index (κ1) is 12.6. The number of hydrogen-bond acceptors (Lipinski definition) is 2. The van der Waals surface area contributed by atoms with E-state index in [0.717, 1.165) is 16.8 Å². The molecule has 18 heavy (non-hydrogen) atoms. The highest BCUT2D eigenvalue weighted by Crippen LogP contribution is 2.24. The number of rotatable bonds is 1. The number of carbonyl (C=O) groups excluding carboxylic acids is 1. The molecule has 0 spiro atoms. The molecule has 1 aromatic heterocycles. The zero-order valence-electron chi connectivity index (χ0n) is 11.3. The lowest BCUT2D eigenvalue weighted by Crippen LogP contribution is -2.27. The van der Waals surface area contributed by atoms with Crippen molar-refractivity contribution in [3.63, 3.8) is 0 Å². The fraction of sp³-hybridized carbons (Fsp3) is 0.333. The van der Waals surface area contributed by atoms with Gasteiger partial charge in [0, 0.05) is 17.2 Å². The van der Waals surface area contributed by atoms with Crippen molar-refractivity contribution in [2.45, 2.75) is 27.7 Å². The molecule has 0 aliphatic heterocycles. The number of benzene rings is 1. The molecular formula is C15H18N2O. The molecule has 0 N–H and O–H groups in total. The summed E-state index contributed by atoms with van der Waals surface area (Å²) in [5, 5.41) is 4.32. The molecular weight excluding hydrogens is 224 g/mol. The third-order valence-electron chi connectivity index (χ3n) is 2.83. The van der Waals surface area contributed by atoms with Crippen LogP contribution in [-0.2, 0) is 0 Å². The number of carbonyl (C=O) groups is 1. The van der Waals surface area contributed by atoms with E-state index in [-0.39, 0.29) is 5.91 Å². The third-order valence-corrected chi connectivity index (χ3v) is 2.83. The highest BCUT2D eigenvalue weighted by molar-refractivity contribution is 5.84. The van der Waals surface area contributed by atoms with E-state index < -0.39 is 5.41 Å². The van der Waals surface area contributed by atoms with Crippen molar-refractivity contribution in [1.29, 1.82) is 0 Å². The van der Waals surface area contributed by atoms with Crippen molar-refractivity contribution in [3.8, 4) is 11.1 Å². The van der Waals surface area contributed by atoms with Gasteiger partial charge in [0.1, 0.15) is 0 Å². The van der Waals surface area contributed by atoms with Crippen LogP contribution in [0, 0.1) is 12.3 Å². The quantitative estimate of drug-likeness (QED) is 0.766. The summed E-state index contributed by atoms with van der Waals surface area (Å²) in [6.45, 7) is 7.62. The number of aromatic nitrogens is 2. The second kappa shape index (κ2) is 4.41.